The van der Waals surface area contributed by atoms with Gasteiger partial charge in [-0.1, -0.05) is 0 Å². The summed E-state index contributed by atoms with van der Waals surface area (Å²) >= 11 is 6.21. The van der Waals surface area contributed by atoms with E-state index in [0.29, 0.717) is 27.8 Å². The van der Waals surface area contributed by atoms with Gasteiger partial charge in [0.05, 0.1) is 0 Å². The van der Waals surface area contributed by atoms with Crippen LogP contribution in [0, 0.1) is 0 Å². The Morgan fingerprint density at radius 1 is 0.857 bits per heavy atom. The molecule has 3 nitrogen and oxygen atoms in total. The molecule has 0 aliphatic carbocycles. The van der Waals surface area contributed by atoms with Gasteiger partial charge in [-0.15, -0.1) is 0 Å². The first-order chi connectivity index (χ1) is 6.65. The quantitative estimate of drug-likeness (QED) is 0.805. The molecule has 0 saturated heterocycles. The summed E-state index contributed by atoms with van der Waals surface area (Å²) in [6.07, 6.45) is 1.74. The van der Waals surface area contributed by atoms with E-state index < -0.39 is 0 Å². The summed E-state index contributed by atoms with van der Waals surface area (Å²) in [6, 6.07) is 1.40. The lowest BCUT2D eigenvalue weighted by Crippen LogP contribution is -1.96. The van der Waals surface area contributed by atoms with E-state index in [0.717, 1.165) is 0 Å². The van der Waals surface area contributed by atoms with Crippen molar-refractivity contribution in [3.05, 3.63) is 31.7 Å². The van der Waals surface area contributed by atoms with Crippen molar-refractivity contribution < 1.29 is 14.4 Å². The molecule has 0 heterocycles. The van der Waals surface area contributed by atoms with Crippen LogP contribution in [0.3, 0.4) is 0 Å². The van der Waals surface area contributed by atoms with E-state index in [-0.39, 0.29) is 16.7 Å². The van der Waals surface area contributed by atoms with Gasteiger partial charge in [0.25, 0.3) is 0 Å². The van der Waals surface area contributed by atoms with E-state index in [1.807, 2.05) is 0 Å². The predicted octanol–water partition coefficient (Wildman–Crippen LogP) is 2.65. The van der Waals surface area contributed by atoms with Gasteiger partial charge in [0.1, 0.15) is 0 Å². The summed E-state index contributed by atoms with van der Waals surface area (Å²) < 4.78 is 0.778. The van der Waals surface area contributed by atoms with E-state index in [9.17, 15) is 14.4 Å². The molecule has 0 fully saturated rings. The Bertz CT molecular complexity index is 381. The third-order valence-corrected chi connectivity index (χ3v) is 3.43. The molecule has 0 bridgehead atoms. The lowest BCUT2D eigenvalue weighted by atomic mass is 10.1. The average Bonchev–Trinajstić information content (AvgIpc) is 2.19. The molecular formula is C9H4Br2O3. The summed E-state index contributed by atoms with van der Waals surface area (Å²) in [5.74, 6) is 0. The van der Waals surface area contributed by atoms with Crippen molar-refractivity contribution >= 4 is 50.7 Å². The van der Waals surface area contributed by atoms with Crippen LogP contribution in [0.2, 0.25) is 0 Å². The first-order valence-corrected chi connectivity index (χ1v) is 5.11. The highest BCUT2D eigenvalue weighted by atomic mass is 79.9. The van der Waals surface area contributed by atoms with Crippen molar-refractivity contribution in [2.24, 2.45) is 0 Å². The Kier molecular flexibility index (Phi) is 3.71. The van der Waals surface area contributed by atoms with Crippen molar-refractivity contribution in [2.45, 2.75) is 0 Å². The maximum Gasteiger partial charge on any atom is 0.152 e. The molecule has 14 heavy (non-hydrogen) atoms. The van der Waals surface area contributed by atoms with Crippen LogP contribution in [0.4, 0.5) is 0 Å². The first-order valence-electron chi connectivity index (χ1n) is 3.53. The summed E-state index contributed by atoms with van der Waals surface area (Å²) in [7, 11) is 0. The summed E-state index contributed by atoms with van der Waals surface area (Å²) in [5, 5.41) is 0. The molecule has 1 aromatic carbocycles. The van der Waals surface area contributed by atoms with Crippen LogP contribution in [-0.4, -0.2) is 18.9 Å². The largest absolute Gasteiger partial charge is 0.298 e. The second-order valence-corrected chi connectivity index (χ2v) is 4.04. The van der Waals surface area contributed by atoms with Crippen molar-refractivity contribution in [3.63, 3.8) is 0 Å². The monoisotopic (exact) mass is 318 g/mol. The Morgan fingerprint density at radius 3 is 1.57 bits per heavy atom. The fourth-order valence-corrected chi connectivity index (χ4v) is 2.24. The molecule has 0 aromatic heterocycles. The zero-order chi connectivity index (χ0) is 10.7. The topological polar surface area (TPSA) is 51.2 Å². The third-order valence-electron chi connectivity index (χ3n) is 1.66. The Hall–Kier alpha value is -0.810. The number of halogens is 2. The lowest BCUT2D eigenvalue weighted by Gasteiger charge is -2.05. The number of hydrogen-bond acceptors (Lipinski definition) is 3. The maximum absolute atomic E-state index is 10.7. The number of carbonyl (C=O) groups is 3. The highest BCUT2D eigenvalue weighted by Crippen LogP contribution is 2.29. The van der Waals surface area contributed by atoms with Crippen molar-refractivity contribution in [1.82, 2.24) is 0 Å². The van der Waals surface area contributed by atoms with Gasteiger partial charge in [-0.3, -0.25) is 14.4 Å². The SMILES string of the molecule is O=Cc1cc(C=O)c(Br)c(C=O)c1Br. The van der Waals surface area contributed by atoms with Crippen LogP contribution >= 0.6 is 31.9 Å². The van der Waals surface area contributed by atoms with E-state index in [1.165, 1.54) is 6.07 Å². The summed E-state index contributed by atoms with van der Waals surface area (Å²) in [5.41, 5.74) is 0.812. The van der Waals surface area contributed by atoms with E-state index in [2.05, 4.69) is 31.9 Å². The average molecular weight is 320 g/mol. The zero-order valence-corrected chi connectivity index (χ0v) is 9.96. The van der Waals surface area contributed by atoms with Gasteiger partial charge in [0.2, 0.25) is 0 Å². The standard InChI is InChI=1S/C9H4Br2O3/c10-8-5(2-12)1-6(3-13)9(11)7(8)4-14/h1-4H. The van der Waals surface area contributed by atoms with E-state index >= 15 is 0 Å². The van der Waals surface area contributed by atoms with Gasteiger partial charge < -0.3 is 0 Å². The molecule has 0 atom stereocenters. The Balaban J connectivity index is 3.62. The van der Waals surface area contributed by atoms with Gasteiger partial charge in [-0.25, -0.2) is 0 Å². The molecule has 1 aromatic rings. The number of hydrogen-bond donors (Lipinski definition) is 0. The summed E-state index contributed by atoms with van der Waals surface area (Å²) in [4.78, 5) is 31.9. The minimum Gasteiger partial charge on any atom is -0.298 e. The van der Waals surface area contributed by atoms with Gasteiger partial charge in [0, 0.05) is 25.6 Å². The zero-order valence-electron chi connectivity index (χ0n) is 6.79. The third kappa shape index (κ3) is 1.83. The number of rotatable bonds is 3. The molecule has 0 aliphatic heterocycles. The van der Waals surface area contributed by atoms with Crippen molar-refractivity contribution in [2.75, 3.05) is 0 Å². The molecule has 0 aliphatic rings. The van der Waals surface area contributed by atoms with Crippen LogP contribution in [-0.2, 0) is 0 Å². The van der Waals surface area contributed by atoms with Gasteiger partial charge >= 0.3 is 0 Å². The molecule has 0 radical (unpaired) electrons. The van der Waals surface area contributed by atoms with Crippen LogP contribution in [0.25, 0.3) is 0 Å². The molecule has 72 valence electrons. The molecule has 0 saturated carbocycles. The van der Waals surface area contributed by atoms with Crippen molar-refractivity contribution in [3.8, 4) is 0 Å². The highest BCUT2D eigenvalue weighted by molar-refractivity contribution is 9.11. The van der Waals surface area contributed by atoms with E-state index in [4.69, 9.17) is 0 Å². The molecule has 1 rings (SSSR count). The Labute approximate surface area is 96.7 Å². The van der Waals surface area contributed by atoms with Crippen molar-refractivity contribution in [1.29, 1.82) is 0 Å². The number of carbonyl (C=O) groups excluding carboxylic acids is 3. The van der Waals surface area contributed by atoms with Gasteiger partial charge in [-0.05, 0) is 37.9 Å². The molecule has 0 N–H and O–H groups in total. The second-order valence-electron chi connectivity index (χ2n) is 2.45. The minimum atomic E-state index is 0.261. The fourth-order valence-electron chi connectivity index (χ4n) is 0.977. The van der Waals surface area contributed by atoms with Crippen LogP contribution < -0.4 is 0 Å². The molecule has 0 spiro atoms. The van der Waals surface area contributed by atoms with Crippen LogP contribution in [0.5, 0.6) is 0 Å². The van der Waals surface area contributed by atoms with Crippen LogP contribution in [0.15, 0.2) is 15.0 Å². The fraction of sp³-hybridized carbons (Fsp3) is 0. The maximum atomic E-state index is 10.7. The smallest absolute Gasteiger partial charge is 0.152 e. The molecule has 0 amide bonds. The summed E-state index contributed by atoms with van der Waals surface area (Å²) in [6.45, 7) is 0. The molecular weight excluding hydrogens is 316 g/mol. The minimum absolute atomic E-state index is 0.261. The van der Waals surface area contributed by atoms with Gasteiger partial charge in [-0.2, -0.15) is 0 Å². The highest BCUT2D eigenvalue weighted by Gasteiger charge is 2.13. The second kappa shape index (κ2) is 4.61. The molecule has 0 unspecified atom stereocenters. The normalized spacial score (nSPS) is 9.57. The predicted molar refractivity (Wildman–Crippen MR) is 58.0 cm³/mol. The van der Waals surface area contributed by atoms with Gasteiger partial charge in [0.15, 0.2) is 18.9 Å². The lowest BCUT2D eigenvalue weighted by molar-refractivity contribution is 0.112. The first kappa shape index (κ1) is 11.3. The molecule has 5 heteroatoms. The van der Waals surface area contributed by atoms with Crippen LogP contribution in [0.1, 0.15) is 31.1 Å². The number of aldehydes is 3. The number of benzene rings is 1. The van der Waals surface area contributed by atoms with E-state index in [1.54, 1.807) is 0 Å². The Morgan fingerprint density at radius 2 is 1.29 bits per heavy atom.